The van der Waals surface area contributed by atoms with Gasteiger partial charge in [0, 0.05) is 51.4 Å². The highest BCUT2D eigenvalue weighted by Gasteiger charge is 2.39. The summed E-state index contributed by atoms with van der Waals surface area (Å²) in [5.74, 6) is 0. The molecule has 0 aliphatic carbocycles. The third kappa shape index (κ3) is 9.85. The third-order valence-electron chi connectivity index (χ3n) is 4.17. The first kappa shape index (κ1) is 24.7. The first-order valence-electron chi connectivity index (χ1n) is 9.78. The zero-order valence-electron chi connectivity index (χ0n) is 16.7. The molecule has 1 aliphatic rings. The number of unbranched alkanes of at least 4 members (excludes halogenated alkanes) is 3. The van der Waals surface area contributed by atoms with Gasteiger partial charge in [0.2, 0.25) is 0 Å². The normalized spacial score (nSPS) is 14.2. The largest absolute Gasteiger partial charge is 0.500 e. The first-order valence-corrected chi connectivity index (χ1v) is 11.7. The van der Waals surface area contributed by atoms with E-state index in [2.05, 4.69) is 29.1 Å². The highest BCUT2D eigenvalue weighted by molar-refractivity contribution is 6.60. The molecule has 150 valence electrons. The molecule has 0 N–H and O–H groups in total. The predicted molar refractivity (Wildman–Crippen MR) is 109 cm³/mol. The summed E-state index contributed by atoms with van der Waals surface area (Å²) in [5, 5.41) is 0. The average molecular weight is 395 g/mol. The fraction of sp³-hybridized carbons (Fsp3) is 0.889. The molecule has 0 amide bonds. The Morgan fingerprint density at radius 1 is 0.760 bits per heavy atom. The molecule has 0 saturated heterocycles. The van der Waals surface area contributed by atoms with Crippen LogP contribution >= 0.6 is 12.4 Å². The highest BCUT2D eigenvalue weighted by Crippen LogP contribution is 2.19. The Morgan fingerprint density at radius 3 is 1.76 bits per heavy atom. The van der Waals surface area contributed by atoms with Crippen molar-refractivity contribution < 1.29 is 13.3 Å². The number of hydrogen-bond acceptors (Lipinski definition) is 5. The van der Waals surface area contributed by atoms with Crippen LogP contribution in [-0.2, 0) is 13.3 Å². The van der Waals surface area contributed by atoms with E-state index in [0.717, 1.165) is 25.7 Å². The van der Waals surface area contributed by atoms with Crippen LogP contribution in [0.5, 0.6) is 0 Å². The highest BCUT2D eigenvalue weighted by atomic mass is 35.5. The van der Waals surface area contributed by atoms with Gasteiger partial charge >= 0.3 is 8.80 Å². The quantitative estimate of drug-likeness (QED) is 0.302. The molecule has 0 spiro atoms. The Kier molecular flexibility index (Phi) is 14.7. The lowest BCUT2D eigenvalue weighted by Crippen LogP contribution is -2.46. The molecule has 0 aromatic heterocycles. The Morgan fingerprint density at radius 2 is 1.28 bits per heavy atom. The molecule has 7 heteroatoms. The van der Waals surface area contributed by atoms with Crippen LogP contribution < -0.4 is 0 Å². The van der Waals surface area contributed by atoms with Crippen LogP contribution in [0.25, 0.3) is 0 Å². The molecule has 0 fully saturated rings. The van der Waals surface area contributed by atoms with Crippen LogP contribution in [-0.4, -0.2) is 58.2 Å². The van der Waals surface area contributed by atoms with Gasteiger partial charge in [-0.05, 0) is 33.6 Å². The number of hydrogen-bond donors (Lipinski definition) is 0. The van der Waals surface area contributed by atoms with Crippen molar-refractivity contribution in [3.8, 4) is 0 Å². The molecule has 1 heterocycles. The van der Waals surface area contributed by atoms with Crippen molar-refractivity contribution in [2.24, 2.45) is 0 Å². The van der Waals surface area contributed by atoms with E-state index in [1.54, 1.807) is 0 Å². The minimum Gasteiger partial charge on any atom is -0.374 e. The van der Waals surface area contributed by atoms with E-state index in [9.17, 15) is 0 Å². The Labute approximate surface area is 162 Å². The molecule has 0 aromatic rings. The maximum atomic E-state index is 5.92. The molecular weight excluding hydrogens is 356 g/mol. The maximum Gasteiger partial charge on any atom is 0.500 e. The fourth-order valence-electron chi connectivity index (χ4n) is 3.05. The molecule has 5 nitrogen and oxygen atoms in total. The van der Waals surface area contributed by atoms with E-state index in [-0.39, 0.29) is 12.4 Å². The van der Waals surface area contributed by atoms with Gasteiger partial charge in [-0.15, -0.1) is 12.4 Å². The molecule has 1 aliphatic heterocycles. The van der Waals surface area contributed by atoms with Gasteiger partial charge in [-0.3, -0.25) is 0 Å². The lowest BCUT2D eigenvalue weighted by atomic mass is 10.2. The molecule has 1 rings (SSSR count). The molecule has 25 heavy (non-hydrogen) atoms. The van der Waals surface area contributed by atoms with Gasteiger partial charge < -0.3 is 23.1 Å². The third-order valence-corrected chi connectivity index (χ3v) is 7.32. The second-order valence-corrected chi connectivity index (χ2v) is 8.94. The lowest BCUT2D eigenvalue weighted by molar-refractivity contribution is 0.0701. The summed E-state index contributed by atoms with van der Waals surface area (Å²) in [4.78, 5) is 4.79. The van der Waals surface area contributed by atoms with E-state index in [1.165, 1.54) is 32.2 Å². The van der Waals surface area contributed by atoms with E-state index >= 15 is 0 Å². The van der Waals surface area contributed by atoms with Gasteiger partial charge in [-0.25, -0.2) is 0 Å². The monoisotopic (exact) mass is 394 g/mol. The van der Waals surface area contributed by atoms with Crippen LogP contribution in [0.3, 0.4) is 0 Å². The Balaban J connectivity index is 0.00000576. The van der Waals surface area contributed by atoms with Gasteiger partial charge in [-0.2, -0.15) is 0 Å². The molecule has 0 saturated carbocycles. The van der Waals surface area contributed by atoms with Crippen LogP contribution in [0.1, 0.15) is 59.8 Å². The SMILES string of the molecule is CCCCCCN1C=CN(CCC[Si](OCC)(OCC)OCC)C1.Cl. The summed E-state index contributed by atoms with van der Waals surface area (Å²) < 4.78 is 17.8. The summed E-state index contributed by atoms with van der Waals surface area (Å²) in [7, 11) is -2.48. The van der Waals surface area contributed by atoms with E-state index in [1.807, 2.05) is 20.8 Å². The average Bonchev–Trinajstić information content (AvgIpc) is 3.00. The van der Waals surface area contributed by atoms with Gasteiger partial charge in [0.15, 0.2) is 0 Å². The second kappa shape index (κ2) is 14.9. The van der Waals surface area contributed by atoms with Gasteiger partial charge in [-0.1, -0.05) is 26.2 Å². The van der Waals surface area contributed by atoms with Crippen LogP contribution in [0.15, 0.2) is 12.4 Å². The van der Waals surface area contributed by atoms with Crippen LogP contribution in [0, 0.1) is 0 Å². The first-order chi connectivity index (χ1) is 11.7. The van der Waals surface area contributed by atoms with Crippen molar-refractivity contribution in [2.75, 3.05) is 39.6 Å². The predicted octanol–water partition coefficient (Wildman–Crippen LogP) is 4.47. The minimum absolute atomic E-state index is 0. The number of rotatable bonds is 15. The molecule has 0 aromatic carbocycles. The van der Waals surface area contributed by atoms with Crippen molar-refractivity contribution in [2.45, 2.75) is 65.8 Å². The summed E-state index contributed by atoms with van der Waals surface area (Å²) in [6.07, 6.45) is 10.8. The summed E-state index contributed by atoms with van der Waals surface area (Å²) in [5.41, 5.74) is 0. The molecule has 0 unspecified atom stereocenters. The Bertz CT molecular complexity index is 331. The topological polar surface area (TPSA) is 34.2 Å². The Hall–Kier alpha value is -0.273. The van der Waals surface area contributed by atoms with Crippen LogP contribution in [0.4, 0.5) is 0 Å². The lowest BCUT2D eigenvalue weighted by Gasteiger charge is -2.29. The van der Waals surface area contributed by atoms with Crippen molar-refractivity contribution in [1.29, 1.82) is 0 Å². The summed E-state index contributed by atoms with van der Waals surface area (Å²) in [6, 6.07) is 0.892. The van der Waals surface area contributed by atoms with Crippen molar-refractivity contribution in [1.82, 2.24) is 9.80 Å². The van der Waals surface area contributed by atoms with Crippen LogP contribution in [0.2, 0.25) is 6.04 Å². The number of nitrogens with zero attached hydrogens (tertiary/aromatic N) is 2. The van der Waals surface area contributed by atoms with E-state index in [0.29, 0.717) is 19.8 Å². The van der Waals surface area contributed by atoms with Gasteiger partial charge in [0.1, 0.15) is 0 Å². The smallest absolute Gasteiger partial charge is 0.374 e. The summed E-state index contributed by atoms with van der Waals surface area (Å²) in [6.45, 7) is 13.5. The zero-order valence-corrected chi connectivity index (χ0v) is 18.5. The van der Waals surface area contributed by atoms with Crippen molar-refractivity contribution >= 4 is 21.2 Å². The maximum absolute atomic E-state index is 5.92. The molecule has 0 atom stereocenters. The van der Waals surface area contributed by atoms with Crippen molar-refractivity contribution in [3.63, 3.8) is 0 Å². The van der Waals surface area contributed by atoms with Gasteiger partial charge in [0.25, 0.3) is 0 Å². The molecule has 0 bridgehead atoms. The summed E-state index contributed by atoms with van der Waals surface area (Å²) >= 11 is 0. The van der Waals surface area contributed by atoms with Gasteiger partial charge in [0.05, 0.1) is 6.67 Å². The second-order valence-electron chi connectivity index (χ2n) is 6.21. The van der Waals surface area contributed by atoms with E-state index < -0.39 is 8.80 Å². The molecule has 0 radical (unpaired) electrons. The van der Waals surface area contributed by atoms with E-state index in [4.69, 9.17) is 13.3 Å². The number of halogens is 1. The zero-order chi connectivity index (χ0) is 17.7. The minimum atomic E-state index is -2.48. The standard InChI is InChI=1S/C18H38N2O3Si.ClH/c1-5-9-10-11-13-19-15-16-20(18-19)14-12-17-24(21-6-2,22-7-3)23-8-4;/h15-16H,5-14,17-18H2,1-4H3;1H. The molecular formula is C18H39ClN2O3Si. The van der Waals surface area contributed by atoms with Crippen molar-refractivity contribution in [3.05, 3.63) is 12.4 Å². The fourth-order valence-corrected chi connectivity index (χ4v) is 5.64.